The maximum absolute atomic E-state index is 12.4. The van der Waals surface area contributed by atoms with Crippen LogP contribution in [0.3, 0.4) is 0 Å². The smallest absolute Gasteiger partial charge is 0.344 e. The van der Waals surface area contributed by atoms with Crippen LogP contribution >= 0.6 is 11.6 Å². The van der Waals surface area contributed by atoms with Gasteiger partial charge in [-0.05, 0) is 51.5 Å². The molecule has 9 heteroatoms. The number of esters is 2. The molecule has 1 heterocycles. The molecule has 8 nitrogen and oxygen atoms in total. The van der Waals surface area contributed by atoms with E-state index in [1.807, 2.05) is 0 Å². The number of furan rings is 1. The monoisotopic (exact) mass is 437 g/mol. The van der Waals surface area contributed by atoms with Crippen LogP contribution in [0.4, 0.5) is 5.88 Å². The van der Waals surface area contributed by atoms with E-state index >= 15 is 0 Å². The molecule has 1 N–H and O–H groups in total. The van der Waals surface area contributed by atoms with Gasteiger partial charge in [-0.2, -0.15) is 0 Å². The summed E-state index contributed by atoms with van der Waals surface area (Å²) in [6.07, 6.45) is 0.540. The van der Waals surface area contributed by atoms with E-state index in [1.165, 1.54) is 6.92 Å². The molecule has 0 aliphatic heterocycles. The van der Waals surface area contributed by atoms with E-state index in [0.717, 1.165) is 0 Å². The number of ether oxygens (including phenoxy) is 3. The highest BCUT2D eigenvalue weighted by atomic mass is 35.5. The SMILES string of the molecule is CCOC(=O)c1c(C)oc(NC(=O)CCCOc2ccc(Cl)cc2)c1C(=O)OCC. The Kier molecular flexibility index (Phi) is 8.73. The summed E-state index contributed by atoms with van der Waals surface area (Å²) in [5.41, 5.74) is -0.213. The molecule has 30 heavy (non-hydrogen) atoms. The molecule has 1 amide bonds. The molecule has 0 bridgehead atoms. The first-order valence-electron chi connectivity index (χ1n) is 9.53. The molecule has 0 atom stereocenters. The highest BCUT2D eigenvalue weighted by molar-refractivity contribution is 6.30. The Balaban J connectivity index is 2.02. The first-order valence-corrected chi connectivity index (χ1v) is 9.91. The highest BCUT2D eigenvalue weighted by Gasteiger charge is 2.31. The van der Waals surface area contributed by atoms with Crippen molar-refractivity contribution in [3.63, 3.8) is 0 Å². The minimum absolute atomic E-state index is 0.0586. The van der Waals surface area contributed by atoms with Crippen LogP contribution in [0.15, 0.2) is 28.7 Å². The van der Waals surface area contributed by atoms with Gasteiger partial charge in [0.25, 0.3) is 0 Å². The van der Waals surface area contributed by atoms with Crippen molar-refractivity contribution in [2.45, 2.75) is 33.6 Å². The molecule has 0 spiro atoms. The average Bonchev–Trinajstić information content (AvgIpc) is 3.02. The molecule has 1 aromatic heterocycles. The van der Waals surface area contributed by atoms with Crippen LogP contribution < -0.4 is 10.1 Å². The topological polar surface area (TPSA) is 104 Å². The van der Waals surface area contributed by atoms with Crippen LogP contribution in [-0.4, -0.2) is 37.7 Å². The van der Waals surface area contributed by atoms with Crippen LogP contribution in [0.2, 0.25) is 5.02 Å². The molecule has 0 fully saturated rings. The predicted octanol–water partition coefficient (Wildman–Crippen LogP) is 4.39. The highest BCUT2D eigenvalue weighted by Crippen LogP contribution is 2.29. The fraction of sp³-hybridized carbons (Fsp3) is 0.381. The van der Waals surface area contributed by atoms with Crippen LogP contribution in [-0.2, 0) is 14.3 Å². The number of amides is 1. The fourth-order valence-corrected chi connectivity index (χ4v) is 2.75. The van der Waals surface area contributed by atoms with Gasteiger partial charge in [-0.25, -0.2) is 9.59 Å². The minimum Gasteiger partial charge on any atom is -0.494 e. The summed E-state index contributed by atoms with van der Waals surface area (Å²) < 4.78 is 21.0. The van der Waals surface area contributed by atoms with E-state index in [4.69, 9.17) is 30.2 Å². The number of hydrogen-bond acceptors (Lipinski definition) is 7. The van der Waals surface area contributed by atoms with Gasteiger partial charge in [0.2, 0.25) is 11.8 Å². The zero-order valence-electron chi connectivity index (χ0n) is 17.1. The summed E-state index contributed by atoms with van der Waals surface area (Å²) in [7, 11) is 0. The lowest BCUT2D eigenvalue weighted by molar-refractivity contribution is -0.116. The van der Waals surface area contributed by atoms with Crippen molar-refractivity contribution in [2.75, 3.05) is 25.1 Å². The van der Waals surface area contributed by atoms with Gasteiger partial charge in [0, 0.05) is 11.4 Å². The van der Waals surface area contributed by atoms with E-state index in [1.54, 1.807) is 38.1 Å². The second-order valence-electron chi connectivity index (χ2n) is 6.13. The summed E-state index contributed by atoms with van der Waals surface area (Å²) in [6, 6.07) is 6.88. The summed E-state index contributed by atoms with van der Waals surface area (Å²) >= 11 is 5.82. The second-order valence-corrected chi connectivity index (χ2v) is 6.57. The Morgan fingerprint density at radius 2 is 1.60 bits per heavy atom. The van der Waals surface area contributed by atoms with E-state index in [-0.39, 0.29) is 42.4 Å². The third-order valence-electron chi connectivity index (χ3n) is 3.93. The van der Waals surface area contributed by atoms with Crippen molar-refractivity contribution in [2.24, 2.45) is 0 Å². The number of halogens is 1. The number of anilines is 1. The maximum Gasteiger partial charge on any atom is 0.344 e. The molecule has 1 aromatic carbocycles. The normalized spacial score (nSPS) is 10.4. The molecule has 0 unspecified atom stereocenters. The Labute approximate surface area is 179 Å². The van der Waals surface area contributed by atoms with Crippen molar-refractivity contribution >= 4 is 35.3 Å². The summed E-state index contributed by atoms with van der Waals surface area (Å²) in [5, 5.41) is 3.13. The molecule has 0 aliphatic rings. The predicted molar refractivity (Wildman–Crippen MR) is 110 cm³/mol. The summed E-state index contributed by atoms with van der Waals surface area (Å²) in [4.78, 5) is 36.9. The van der Waals surface area contributed by atoms with Crippen LogP contribution in [0.25, 0.3) is 0 Å². The Hall–Kier alpha value is -3.00. The van der Waals surface area contributed by atoms with Crippen molar-refractivity contribution in [1.82, 2.24) is 0 Å². The molecule has 2 rings (SSSR count). The van der Waals surface area contributed by atoms with Crippen molar-refractivity contribution in [3.05, 3.63) is 46.2 Å². The number of aryl methyl sites for hydroxylation is 1. The molecule has 162 valence electrons. The lowest BCUT2D eigenvalue weighted by atomic mass is 10.1. The van der Waals surface area contributed by atoms with E-state index in [2.05, 4.69) is 5.32 Å². The standard InChI is InChI=1S/C21H24ClNO7/c1-4-27-20(25)17-13(3)30-19(18(17)21(26)28-5-2)23-16(24)7-6-12-29-15-10-8-14(22)9-11-15/h8-11H,4-7,12H2,1-3H3,(H,23,24). The van der Waals surface area contributed by atoms with Crippen molar-refractivity contribution in [1.29, 1.82) is 0 Å². The van der Waals surface area contributed by atoms with Gasteiger partial charge in [0.05, 0.1) is 19.8 Å². The first kappa shape index (κ1) is 23.3. The first-order chi connectivity index (χ1) is 14.4. The number of carbonyl (C=O) groups is 3. The van der Waals surface area contributed by atoms with E-state index < -0.39 is 17.8 Å². The van der Waals surface area contributed by atoms with Gasteiger partial charge in [-0.3, -0.25) is 10.1 Å². The molecule has 0 saturated carbocycles. The number of rotatable bonds is 10. The van der Waals surface area contributed by atoms with Crippen LogP contribution in [0.1, 0.15) is 53.2 Å². The van der Waals surface area contributed by atoms with Gasteiger partial charge in [0.15, 0.2) is 0 Å². The van der Waals surface area contributed by atoms with Gasteiger partial charge in [0.1, 0.15) is 22.6 Å². The molecule has 2 aromatic rings. The fourth-order valence-electron chi connectivity index (χ4n) is 2.62. The van der Waals surface area contributed by atoms with Gasteiger partial charge < -0.3 is 18.6 Å². The summed E-state index contributed by atoms with van der Waals surface area (Å²) in [5.74, 6) is -1.25. The quantitative estimate of drug-likeness (QED) is 0.434. The van der Waals surface area contributed by atoms with Crippen molar-refractivity contribution < 1.29 is 33.0 Å². The Morgan fingerprint density at radius 3 is 2.20 bits per heavy atom. The zero-order chi connectivity index (χ0) is 22.1. The molecular weight excluding hydrogens is 414 g/mol. The van der Waals surface area contributed by atoms with Crippen LogP contribution in [0, 0.1) is 6.92 Å². The lowest BCUT2D eigenvalue weighted by Gasteiger charge is -2.08. The van der Waals surface area contributed by atoms with Crippen molar-refractivity contribution in [3.8, 4) is 5.75 Å². The maximum atomic E-state index is 12.4. The van der Waals surface area contributed by atoms with E-state index in [9.17, 15) is 14.4 Å². The number of nitrogens with one attached hydrogen (secondary N) is 1. The number of carbonyl (C=O) groups excluding carboxylic acids is 3. The lowest BCUT2D eigenvalue weighted by Crippen LogP contribution is -2.17. The molecule has 0 saturated heterocycles. The third-order valence-corrected chi connectivity index (χ3v) is 4.18. The Morgan fingerprint density at radius 1 is 1.00 bits per heavy atom. The number of hydrogen-bond donors (Lipinski definition) is 1. The van der Waals surface area contributed by atoms with Gasteiger partial charge in [-0.1, -0.05) is 11.6 Å². The average molecular weight is 438 g/mol. The molecule has 0 aliphatic carbocycles. The second kappa shape index (κ2) is 11.3. The molecule has 0 radical (unpaired) electrons. The van der Waals surface area contributed by atoms with Gasteiger partial charge >= 0.3 is 11.9 Å². The zero-order valence-corrected chi connectivity index (χ0v) is 17.8. The largest absolute Gasteiger partial charge is 0.494 e. The Bertz CT molecular complexity index is 890. The van der Waals surface area contributed by atoms with E-state index in [0.29, 0.717) is 23.8 Å². The minimum atomic E-state index is -0.779. The molecular formula is C21H24ClNO7. The summed E-state index contributed by atoms with van der Waals surface area (Å²) in [6.45, 7) is 5.32. The van der Waals surface area contributed by atoms with Crippen LogP contribution in [0.5, 0.6) is 5.75 Å². The third kappa shape index (κ3) is 6.25. The van der Waals surface area contributed by atoms with Gasteiger partial charge in [-0.15, -0.1) is 0 Å². The number of benzene rings is 1.